The molecule has 1 amide bonds. The fourth-order valence-electron chi connectivity index (χ4n) is 2.20. The number of morpholine rings is 1. The predicted molar refractivity (Wildman–Crippen MR) is 67.2 cm³/mol. The summed E-state index contributed by atoms with van der Waals surface area (Å²) < 4.78 is 8.19. The van der Waals surface area contributed by atoms with Crippen molar-refractivity contribution in [1.82, 2.24) is 19.1 Å². The lowest BCUT2D eigenvalue weighted by atomic mass is 10.2. The molecule has 0 N–H and O–H groups in total. The second kappa shape index (κ2) is 4.51. The summed E-state index contributed by atoms with van der Waals surface area (Å²) in [5, 5.41) is 0. The molecular formula is C12H14N4O3. The molecule has 7 nitrogen and oxygen atoms in total. The fourth-order valence-corrected chi connectivity index (χ4v) is 2.20. The number of aryl methyl sites for hydroxylation is 1. The Labute approximate surface area is 109 Å². The van der Waals surface area contributed by atoms with Crippen LogP contribution in [0.3, 0.4) is 0 Å². The lowest BCUT2D eigenvalue weighted by molar-refractivity contribution is 0.0301. The molecular weight excluding hydrogens is 248 g/mol. The first-order valence-corrected chi connectivity index (χ1v) is 6.09. The summed E-state index contributed by atoms with van der Waals surface area (Å²) in [6, 6.07) is 1.73. The molecule has 2 aromatic heterocycles. The van der Waals surface area contributed by atoms with Crippen LogP contribution >= 0.6 is 0 Å². The first-order chi connectivity index (χ1) is 9.18. The molecule has 0 radical (unpaired) electrons. The van der Waals surface area contributed by atoms with Gasteiger partial charge in [0.15, 0.2) is 5.65 Å². The number of nitrogens with zero attached hydrogens (tertiary/aromatic N) is 4. The van der Waals surface area contributed by atoms with Crippen molar-refractivity contribution in [2.24, 2.45) is 7.05 Å². The van der Waals surface area contributed by atoms with Gasteiger partial charge in [0.1, 0.15) is 5.56 Å². The van der Waals surface area contributed by atoms with Crippen molar-refractivity contribution in [3.63, 3.8) is 0 Å². The first-order valence-electron chi connectivity index (χ1n) is 6.09. The van der Waals surface area contributed by atoms with Gasteiger partial charge in [0.2, 0.25) is 0 Å². The third-order valence-corrected chi connectivity index (χ3v) is 3.25. The fraction of sp³-hybridized carbons (Fsp3) is 0.417. The maximum absolute atomic E-state index is 12.3. The molecule has 0 unspecified atom stereocenters. The van der Waals surface area contributed by atoms with E-state index in [1.165, 1.54) is 10.7 Å². The number of carbonyl (C=O) groups excluding carboxylic acids is 1. The number of carbonyl (C=O) groups is 1. The van der Waals surface area contributed by atoms with Crippen LogP contribution in [0.15, 0.2) is 23.3 Å². The van der Waals surface area contributed by atoms with Crippen molar-refractivity contribution >= 4 is 11.6 Å². The number of amides is 1. The van der Waals surface area contributed by atoms with Crippen LogP contribution < -0.4 is 5.56 Å². The van der Waals surface area contributed by atoms with Gasteiger partial charge in [0.05, 0.1) is 13.2 Å². The van der Waals surface area contributed by atoms with Crippen LogP contribution in [0.25, 0.3) is 5.65 Å². The predicted octanol–water partition coefficient (Wildman–Crippen LogP) is -0.495. The molecule has 0 aromatic carbocycles. The Morgan fingerprint density at radius 2 is 2.11 bits per heavy atom. The van der Waals surface area contributed by atoms with Gasteiger partial charge in [0, 0.05) is 38.6 Å². The Bertz CT molecular complexity index is 682. The summed E-state index contributed by atoms with van der Waals surface area (Å²) in [5.41, 5.74) is 0.293. The Hall–Kier alpha value is -2.15. The molecule has 1 aliphatic rings. The molecule has 0 spiro atoms. The molecule has 3 heterocycles. The second-order valence-corrected chi connectivity index (χ2v) is 4.44. The van der Waals surface area contributed by atoms with Crippen molar-refractivity contribution in [3.8, 4) is 0 Å². The molecule has 7 heteroatoms. The standard InChI is InChI=1S/C12H14N4O3/c1-14-3-2-10-13-8-9(12(18)16(10)14)11(17)15-4-6-19-7-5-15/h2-3,8H,4-7H2,1H3. The smallest absolute Gasteiger partial charge is 0.285 e. The van der Waals surface area contributed by atoms with Gasteiger partial charge in [-0.1, -0.05) is 0 Å². The molecule has 3 rings (SSSR count). The summed E-state index contributed by atoms with van der Waals surface area (Å²) in [6.07, 6.45) is 3.09. The molecule has 0 aliphatic carbocycles. The number of hydrogen-bond acceptors (Lipinski definition) is 4. The van der Waals surface area contributed by atoms with Crippen LogP contribution in [-0.4, -0.2) is 51.3 Å². The Kier molecular flexibility index (Phi) is 2.83. The minimum atomic E-state index is -0.339. The topological polar surface area (TPSA) is 68.8 Å². The van der Waals surface area contributed by atoms with Gasteiger partial charge in [-0.3, -0.25) is 14.3 Å². The van der Waals surface area contributed by atoms with E-state index in [1.807, 2.05) is 0 Å². The quantitative estimate of drug-likeness (QED) is 0.695. The molecule has 0 bridgehead atoms. The Balaban J connectivity index is 2.05. The van der Waals surface area contributed by atoms with E-state index in [9.17, 15) is 9.59 Å². The second-order valence-electron chi connectivity index (χ2n) is 4.44. The zero-order valence-corrected chi connectivity index (χ0v) is 10.6. The van der Waals surface area contributed by atoms with E-state index in [-0.39, 0.29) is 17.0 Å². The van der Waals surface area contributed by atoms with Gasteiger partial charge in [-0.2, -0.15) is 4.52 Å². The third kappa shape index (κ3) is 1.91. The van der Waals surface area contributed by atoms with Crippen LogP contribution in [0.1, 0.15) is 10.4 Å². The van der Waals surface area contributed by atoms with E-state index in [0.717, 1.165) is 0 Å². The molecule has 1 saturated heterocycles. The summed E-state index contributed by atoms with van der Waals surface area (Å²) in [5.74, 6) is -0.281. The highest BCUT2D eigenvalue weighted by atomic mass is 16.5. The average Bonchev–Trinajstić information content (AvgIpc) is 2.82. The van der Waals surface area contributed by atoms with Crippen molar-refractivity contribution in [1.29, 1.82) is 0 Å². The van der Waals surface area contributed by atoms with Crippen molar-refractivity contribution in [2.45, 2.75) is 0 Å². The lowest BCUT2D eigenvalue weighted by Crippen LogP contribution is -2.43. The monoisotopic (exact) mass is 262 g/mol. The summed E-state index contributed by atoms with van der Waals surface area (Å²) in [7, 11) is 1.74. The van der Waals surface area contributed by atoms with Crippen molar-refractivity contribution < 1.29 is 9.53 Å². The maximum Gasteiger partial charge on any atom is 0.285 e. The van der Waals surface area contributed by atoms with Gasteiger partial charge >= 0.3 is 0 Å². The number of aromatic nitrogens is 3. The van der Waals surface area contributed by atoms with Crippen LogP contribution in [0.4, 0.5) is 0 Å². The minimum absolute atomic E-state index is 0.0983. The SMILES string of the molecule is Cn1ccc2ncc(C(=O)N3CCOCC3)c(=O)n21. The first kappa shape index (κ1) is 11.9. The van der Waals surface area contributed by atoms with Gasteiger partial charge < -0.3 is 9.64 Å². The van der Waals surface area contributed by atoms with Crippen LogP contribution in [0.5, 0.6) is 0 Å². The van der Waals surface area contributed by atoms with Crippen LogP contribution in [-0.2, 0) is 11.8 Å². The summed E-state index contributed by atoms with van der Waals surface area (Å²) in [4.78, 5) is 30.4. The zero-order valence-electron chi connectivity index (χ0n) is 10.6. The van der Waals surface area contributed by atoms with Crippen molar-refractivity contribution in [3.05, 3.63) is 34.4 Å². The number of hydrogen-bond donors (Lipinski definition) is 0. The molecule has 1 aliphatic heterocycles. The molecule has 100 valence electrons. The Morgan fingerprint density at radius 3 is 2.84 bits per heavy atom. The number of fused-ring (bicyclic) bond motifs is 1. The highest BCUT2D eigenvalue weighted by Crippen LogP contribution is 2.04. The molecule has 1 fully saturated rings. The highest BCUT2D eigenvalue weighted by molar-refractivity contribution is 5.93. The van der Waals surface area contributed by atoms with E-state index in [1.54, 1.807) is 28.9 Å². The van der Waals surface area contributed by atoms with Crippen LogP contribution in [0.2, 0.25) is 0 Å². The van der Waals surface area contributed by atoms with Crippen molar-refractivity contribution in [2.75, 3.05) is 26.3 Å². The summed E-state index contributed by atoms with van der Waals surface area (Å²) in [6.45, 7) is 2.03. The molecule has 0 saturated carbocycles. The van der Waals surface area contributed by atoms with E-state index in [0.29, 0.717) is 32.0 Å². The van der Waals surface area contributed by atoms with Gasteiger partial charge in [-0.15, -0.1) is 0 Å². The molecule has 2 aromatic rings. The zero-order chi connectivity index (χ0) is 13.4. The minimum Gasteiger partial charge on any atom is -0.378 e. The van der Waals surface area contributed by atoms with Gasteiger partial charge in [-0.25, -0.2) is 4.98 Å². The summed E-state index contributed by atoms with van der Waals surface area (Å²) >= 11 is 0. The van der Waals surface area contributed by atoms with Gasteiger partial charge in [-0.05, 0) is 0 Å². The molecule has 19 heavy (non-hydrogen) atoms. The van der Waals surface area contributed by atoms with Crippen LogP contribution in [0, 0.1) is 0 Å². The average molecular weight is 262 g/mol. The number of ether oxygens (including phenoxy) is 1. The maximum atomic E-state index is 12.3. The van der Waals surface area contributed by atoms with E-state index < -0.39 is 0 Å². The lowest BCUT2D eigenvalue weighted by Gasteiger charge is -2.26. The van der Waals surface area contributed by atoms with Gasteiger partial charge in [0.25, 0.3) is 11.5 Å². The number of rotatable bonds is 1. The third-order valence-electron chi connectivity index (χ3n) is 3.25. The Morgan fingerprint density at radius 1 is 1.37 bits per heavy atom. The largest absolute Gasteiger partial charge is 0.378 e. The van der Waals surface area contributed by atoms with E-state index in [2.05, 4.69) is 4.98 Å². The normalized spacial score (nSPS) is 15.9. The van der Waals surface area contributed by atoms with E-state index >= 15 is 0 Å². The highest BCUT2D eigenvalue weighted by Gasteiger charge is 2.22. The molecule has 0 atom stereocenters. The van der Waals surface area contributed by atoms with E-state index in [4.69, 9.17) is 4.74 Å².